The summed E-state index contributed by atoms with van der Waals surface area (Å²) in [6.45, 7) is 0. The van der Waals surface area contributed by atoms with Gasteiger partial charge in [-0.05, 0) is 18.2 Å². The SMILES string of the molecule is COc1ccc(Br)c(C(OC)C(=O)O)c1. The van der Waals surface area contributed by atoms with E-state index in [1.807, 2.05) is 0 Å². The van der Waals surface area contributed by atoms with E-state index in [1.54, 1.807) is 18.2 Å². The fourth-order valence-electron chi connectivity index (χ4n) is 1.21. The Bertz CT molecular complexity index is 364. The number of aliphatic carboxylic acids is 1. The highest BCUT2D eigenvalue weighted by atomic mass is 79.9. The summed E-state index contributed by atoms with van der Waals surface area (Å²) in [5.41, 5.74) is 0.532. The molecule has 0 radical (unpaired) electrons. The van der Waals surface area contributed by atoms with Crippen LogP contribution in [0, 0.1) is 0 Å². The van der Waals surface area contributed by atoms with E-state index < -0.39 is 12.1 Å². The predicted molar refractivity (Wildman–Crippen MR) is 58.1 cm³/mol. The normalized spacial score (nSPS) is 12.2. The zero-order valence-electron chi connectivity index (χ0n) is 8.36. The lowest BCUT2D eigenvalue weighted by atomic mass is 10.1. The fourth-order valence-corrected chi connectivity index (χ4v) is 1.67. The van der Waals surface area contributed by atoms with Crippen molar-refractivity contribution in [3.8, 4) is 5.75 Å². The summed E-state index contributed by atoms with van der Waals surface area (Å²) in [5, 5.41) is 8.93. The van der Waals surface area contributed by atoms with E-state index in [0.717, 1.165) is 0 Å². The molecule has 4 nitrogen and oxygen atoms in total. The molecular formula is C10H11BrO4. The molecule has 1 atom stereocenters. The fraction of sp³-hybridized carbons (Fsp3) is 0.300. The largest absolute Gasteiger partial charge is 0.497 e. The van der Waals surface area contributed by atoms with E-state index in [2.05, 4.69) is 15.9 Å². The number of carboxylic acid groups (broad SMARTS) is 1. The van der Waals surface area contributed by atoms with Crippen LogP contribution in [0.25, 0.3) is 0 Å². The maximum atomic E-state index is 10.9. The maximum absolute atomic E-state index is 10.9. The molecule has 0 aliphatic rings. The first kappa shape index (κ1) is 12.0. The lowest BCUT2D eigenvalue weighted by Gasteiger charge is -2.13. The number of carbonyl (C=O) groups is 1. The first-order valence-electron chi connectivity index (χ1n) is 4.19. The molecule has 0 saturated heterocycles. The lowest BCUT2D eigenvalue weighted by molar-refractivity contribution is -0.148. The van der Waals surface area contributed by atoms with Crippen LogP contribution in [-0.4, -0.2) is 25.3 Å². The number of halogens is 1. The second-order valence-corrected chi connectivity index (χ2v) is 3.70. The second-order valence-electron chi connectivity index (χ2n) is 2.84. The molecule has 0 saturated carbocycles. The number of hydrogen-bond donors (Lipinski definition) is 1. The Hall–Kier alpha value is -1.07. The van der Waals surface area contributed by atoms with Crippen LogP contribution in [0.3, 0.4) is 0 Å². The van der Waals surface area contributed by atoms with Crippen molar-refractivity contribution in [1.29, 1.82) is 0 Å². The molecule has 0 amide bonds. The Labute approximate surface area is 95.9 Å². The minimum Gasteiger partial charge on any atom is -0.497 e. The zero-order chi connectivity index (χ0) is 11.4. The van der Waals surface area contributed by atoms with E-state index in [4.69, 9.17) is 14.6 Å². The monoisotopic (exact) mass is 274 g/mol. The van der Waals surface area contributed by atoms with Crippen molar-refractivity contribution in [3.05, 3.63) is 28.2 Å². The molecule has 15 heavy (non-hydrogen) atoms. The number of ether oxygens (including phenoxy) is 2. The van der Waals surface area contributed by atoms with E-state index in [9.17, 15) is 4.79 Å². The average molecular weight is 275 g/mol. The molecule has 1 aromatic carbocycles. The van der Waals surface area contributed by atoms with Crippen molar-refractivity contribution >= 4 is 21.9 Å². The third-order valence-corrected chi connectivity index (χ3v) is 2.67. The van der Waals surface area contributed by atoms with Gasteiger partial charge in [0.25, 0.3) is 0 Å². The zero-order valence-corrected chi connectivity index (χ0v) is 9.95. The lowest BCUT2D eigenvalue weighted by Crippen LogP contribution is -2.14. The Balaban J connectivity index is 3.15. The summed E-state index contributed by atoms with van der Waals surface area (Å²) in [6.07, 6.45) is -0.991. The predicted octanol–water partition coefficient (Wildman–Crippen LogP) is 2.23. The molecule has 0 spiro atoms. The van der Waals surface area contributed by atoms with E-state index in [0.29, 0.717) is 15.8 Å². The smallest absolute Gasteiger partial charge is 0.337 e. The van der Waals surface area contributed by atoms with Crippen LogP contribution < -0.4 is 4.74 Å². The summed E-state index contributed by atoms with van der Waals surface area (Å²) in [6, 6.07) is 5.09. The van der Waals surface area contributed by atoms with Gasteiger partial charge in [-0.2, -0.15) is 0 Å². The van der Waals surface area contributed by atoms with Gasteiger partial charge in [0.05, 0.1) is 7.11 Å². The van der Waals surface area contributed by atoms with Crippen molar-refractivity contribution in [1.82, 2.24) is 0 Å². The van der Waals surface area contributed by atoms with Crippen LogP contribution in [-0.2, 0) is 9.53 Å². The summed E-state index contributed by atoms with van der Waals surface area (Å²) in [4.78, 5) is 10.9. The van der Waals surface area contributed by atoms with Gasteiger partial charge in [0.15, 0.2) is 6.10 Å². The Morgan fingerprint density at radius 1 is 1.47 bits per heavy atom. The topological polar surface area (TPSA) is 55.8 Å². The van der Waals surface area contributed by atoms with Crippen LogP contribution >= 0.6 is 15.9 Å². The van der Waals surface area contributed by atoms with Gasteiger partial charge in [-0.1, -0.05) is 15.9 Å². The standard InChI is InChI=1S/C10H11BrO4/c1-14-6-3-4-8(11)7(5-6)9(15-2)10(12)13/h3-5,9H,1-2H3,(H,12,13). The van der Waals surface area contributed by atoms with Gasteiger partial charge in [-0.25, -0.2) is 4.79 Å². The molecule has 0 aromatic heterocycles. The molecule has 0 aliphatic carbocycles. The van der Waals surface area contributed by atoms with Crippen LogP contribution in [0.1, 0.15) is 11.7 Å². The summed E-state index contributed by atoms with van der Waals surface area (Å²) < 4.78 is 10.6. The molecule has 0 heterocycles. The molecule has 0 bridgehead atoms. The molecule has 1 unspecified atom stereocenters. The van der Waals surface area contributed by atoms with E-state index >= 15 is 0 Å². The number of carboxylic acids is 1. The molecule has 1 aromatic rings. The summed E-state index contributed by atoms with van der Waals surface area (Å²) >= 11 is 3.27. The van der Waals surface area contributed by atoms with Crippen LogP contribution in [0.2, 0.25) is 0 Å². The highest BCUT2D eigenvalue weighted by Gasteiger charge is 2.21. The first-order valence-corrected chi connectivity index (χ1v) is 4.98. The third kappa shape index (κ3) is 2.70. The Morgan fingerprint density at radius 2 is 2.13 bits per heavy atom. The average Bonchev–Trinajstić information content (AvgIpc) is 2.21. The molecule has 0 aliphatic heterocycles. The minimum atomic E-state index is -1.04. The Kier molecular flexibility index (Phi) is 4.11. The molecule has 1 N–H and O–H groups in total. The molecule has 5 heteroatoms. The van der Waals surface area contributed by atoms with Crippen molar-refractivity contribution in [2.75, 3.05) is 14.2 Å². The summed E-state index contributed by atoms with van der Waals surface area (Å²) in [5.74, 6) is -0.442. The number of rotatable bonds is 4. The molecule has 82 valence electrons. The van der Waals surface area contributed by atoms with E-state index in [-0.39, 0.29) is 0 Å². The quantitative estimate of drug-likeness (QED) is 0.915. The number of hydrogen-bond acceptors (Lipinski definition) is 3. The highest BCUT2D eigenvalue weighted by Crippen LogP contribution is 2.29. The molecule has 0 fully saturated rings. The van der Waals surface area contributed by atoms with Crippen molar-refractivity contribution in [2.45, 2.75) is 6.10 Å². The maximum Gasteiger partial charge on any atom is 0.337 e. The van der Waals surface area contributed by atoms with Gasteiger partial charge >= 0.3 is 5.97 Å². The van der Waals surface area contributed by atoms with Gasteiger partial charge in [0.2, 0.25) is 0 Å². The van der Waals surface area contributed by atoms with E-state index in [1.165, 1.54) is 14.2 Å². The Morgan fingerprint density at radius 3 is 2.60 bits per heavy atom. The van der Waals surface area contributed by atoms with Gasteiger partial charge in [0, 0.05) is 17.1 Å². The third-order valence-electron chi connectivity index (χ3n) is 1.95. The van der Waals surface area contributed by atoms with Gasteiger partial charge in [0.1, 0.15) is 5.75 Å². The second kappa shape index (κ2) is 5.14. The van der Waals surface area contributed by atoms with Crippen molar-refractivity contribution in [3.63, 3.8) is 0 Å². The van der Waals surface area contributed by atoms with Gasteiger partial charge in [-0.15, -0.1) is 0 Å². The van der Waals surface area contributed by atoms with Crippen LogP contribution in [0.4, 0.5) is 0 Å². The minimum absolute atomic E-state index is 0.532. The molecular weight excluding hydrogens is 264 g/mol. The van der Waals surface area contributed by atoms with Crippen molar-refractivity contribution in [2.24, 2.45) is 0 Å². The molecule has 1 rings (SSSR count). The first-order chi connectivity index (χ1) is 7.10. The number of benzene rings is 1. The van der Waals surface area contributed by atoms with Gasteiger partial charge in [-0.3, -0.25) is 0 Å². The van der Waals surface area contributed by atoms with Crippen LogP contribution in [0.15, 0.2) is 22.7 Å². The summed E-state index contributed by atoms with van der Waals surface area (Å²) in [7, 11) is 2.88. The highest BCUT2D eigenvalue weighted by molar-refractivity contribution is 9.10. The number of methoxy groups -OCH3 is 2. The van der Waals surface area contributed by atoms with Gasteiger partial charge < -0.3 is 14.6 Å². The van der Waals surface area contributed by atoms with Crippen LogP contribution in [0.5, 0.6) is 5.75 Å². The van der Waals surface area contributed by atoms with Crippen molar-refractivity contribution < 1.29 is 19.4 Å².